The highest BCUT2D eigenvalue weighted by Crippen LogP contribution is 2.27. The number of hydrogen-bond donors (Lipinski definition) is 1. The number of nitrogens with zero attached hydrogens (tertiary/aromatic N) is 2. The molecular formula is C10H10ClN3. The number of allylic oxidation sites excluding steroid dienone is 2. The van der Waals surface area contributed by atoms with Crippen molar-refractivity contribution in [2.45, 2.75) is 26.3 Å². The van der Waals surface area contributed by atoms with E-state index < -0.39 is 0 Å². The summed E-state index contributed by atoms with van der Waals surface area (Å²) in [6.07, 6.45) is 0.742. The summed E-state index contributed by atoms with van der Waals surface area (Å²) in [6, 6.07) is 4.01. The second-order valence-corrected chi connectivity index (χ2v) is 3.41. The van der Waals surface area contributed by atoms with Crippen LogP contribution in [-0.2, 0) is 0 Å². The van der Waals surface area contributed by atoms with Crippen LogP contribution in [0.3, 0.4) is 0 Å². The number of hydrogen-bond acceptors (Lipinski definition) is 3. The van der Waals surface area contributed by atoms with Gasteiger partial charge in [0.15, 0.2) is 0 Å². The molecule has 0 spiro atoms. The fraction of sp³-hybridized carbons (Fsp3) is 0.400. The van der Waals surface area contributed by atoms with Crippen molar-refractivity contribution < 1.29 is 0 Å². The Labute approximate surface area is 88.3 Å². The van der Waals surface area contributed by atoms with E-state index in [1.807, 2.05) is 26.0 Å². The van der Waals surface area contributed by atoms with E-state index in [1.54, 1.807) is 0 Å². The highest BCUT2D eigenvalue weighted by atomic mass is 35.5. The van der Waals surface area contributed by atoms with Gasteiger partial charge in [-0.25, -0.2) is 0 Å². The van der Waals surface area contributed by atoms with Crippen LogP contribution in [0.2, 0.25) is 0 Å². The van der Waals surface area contributed by atoms with Crippen molar-refractivity contribution in [1.82, 2.24) is 5.32 Å². The molecule has 1 unspecified atom stereocenters. The summed E-state index contributed by atoms with van der Waals surface area (Å²) in [4.78, 5) is 0. The van der Waals surface area contributed by atoms with Gasteiger partial charge in [-0.2, -0.15) is 10.5 Å². The zero-order chi connectivity index (χ0) is 10.7. The molecule has 72 valence electrons. The Morgan fingerprint density at radius 3 is 2.36 bits per heavy atom. The van der Waals surface area contributed by atoms with Gasteiger partial charge in [-0.3, -0.25) is 0 Å². The Kier molecular flexibility index (Phi) is 3.17. The molecule has 1 aliphatic heterocycles. The van der Waals surface area contributed by atoms with Gasteiger partial charge >= 0.3 is 0 Å². The van der Waals surface area contributed by atoms with Gasteiger partial charge in [0, 0.05) is 6.04 Å². The summed E-state index contributed by atoms with van der Waals surface area (Å²) < 4.78 is 0. The highest BCUT2D eigenvalue weighted by Gasteiger charge is 2.24. The molecule has 1 N–H and O–H groups in total. The summed E-state index contributed by atoms with van der Waals surface area (Å²) >= 11 is 5.83. The molecule has 4 heteroatoms. The summed E-state index contributed by atoms with van der Waals surface area (Å²) in [5, 5.41) is 21.0. The van der Waals surface area contributed by atoms with Crippen LogP contribution in [-0.4, -0.2) is 6.04 Å². The van der Waals surface area contributed by atoms with Crippen LogP contribution in [0.4, 0.5) is 0 Å². The van der Waals surface area contributed by atoms with E-state index in [0.717, 1.165) is 12.0 Å². The smallest absolute Gasteiger partial charge is 0.122 e. The van der Waals surface area contributed by atoms with Crippen molar-refractivity contribution in [1.29, 1.82) is 10.5 Å². The SMILES string of the molecule is CCC1=C(C#N)C(C#N)=C(Cl)NC1C. The molecule has 0 aromatic heterocycles. The fourth-order valence-electron chi connectivity index (χ4n) is 1.55. The Hall–Kier alpha value is -1.45. The first-order valence-electron chi connectivity index (χ1n) is 4.35. The number of nitrogens with one attached hydrogen (secondary N) is 1. The van der Waals surface area contributed by atoms with Gasteiger partial charge in [-0.05, 0) is 18.9 Å². The average Bonchev–Trinajstić information content (AvgIpc) is 2.16. The lowest BCUT2D eigenvalue weighted by atomic mass is 9.93. The molecule has 1 heterocycles. The van der Waals surface area contributed by atoms with E-state index in [2.05, 4.69) is 5.32 Å². The largest absolute Gasteiger partial charge is 0.368 e. The van der Waals surface area contributed by atoms with Crippen LogP contribution in [0, 0.1) is 22.7 Å². The Morgan fingerprint density at radius 1 is 1.36 bits per heavy atom. The lowest BCUT2D eigenvalue weighted by Crippen LogP contribution is -2.31. The first-order valence-corrected chi connectivity index (χ1v) is 4.73. The molecule has 14 heavy (non-hydrogen) atoms. The van der Waals surface area contributed by atoms with Crippen LogP contribution in [0.25, 0.3) is 0 Å². The minimum absolute atomic E-state index is 0.0271. The number of halogens is 1. The second kappa shape index (κ2) is 4.17. The van der Waals surface area contributed by atoms with Gasteiger partial charge in [0.05, 0.1) is 5.57 Å². The quantitative estimate of drug-likeness (QED) is 0.671. The van der Waals surface area contributed by atoms with Crippen molar-refractivity contribution in [2.24, 2.45) is 0 Å². The third-order valence-electron chi connectivity index (χ3n) is 2.26. The van der Waals surface area contributed by atoms with E-state index in [4.69, 9.17) is 22.1 Å². The van der Waals surface area contributed by atoms with Crippen LogP contribution in [0.5, 0.6) is 0 Å². The van der Waals surface area contributed by atoms with E-state index in [-0.39, 0.29) is 16.8 Å². The predicted octanol–water partition coefficient (Wildman–Crippen LogP) is 2.18. The Balaban J connectivity index is 3.34. The Morgan fingerprint density at radius 2 is 1.93 bits per heavy atom. The highest BCUT2D eigenvalue weighted by molar-refractivity contribution is 6.30. The van der Waals surface area contributed by atoms with E-state index in [0.29, 0.717) is 5.57 Å². The molecule has 0 aromatic rings. The molecule has 1 aliphatic rings. The van der Waals surface area contributed by atoms with Gasteiger partial charge in [0.25, 0.3) is 0 Å². The standard InChI is InChI=1S/C10H10ClN3/c1-3-7-6(2)14-10(11)9(5-13)8(7)4-12/h6,14H,3H2,1-2H3. The fourth-order valence-corrected chi connectivity index (χ4v) is 1.85. The molecule has 0 amide bonds. The molecule has 3 nitrogen and oxygen atoms in total. The number of nitriles is 2. The summed E-state index contributed by atoms with van der Waals surface area (Å²) in [5.41, 5.74) is 1.61. The van der Waals surface area contributed by atoms with Gasteiger partial charge in [-0.15, -0.1) is 0 Å². The van der Waals surface area contributed by atoms with Gasteiger partial charge in [0.1, 0.15) is 22.9 Å². The zero-order valence-corrected chi connectivity index (χ0v) is 8.81. The van der Waals surface area contributed by atoms with Crippen molar-refractivity contribution in [3.8, 4) is 12.1 Å². The van der Waals surface area contributed by atoms with Crippen molar-refractivity contribution in [3.05, 3.63) is 21.9 Å². The second-order valence-electron chi connectivity index (χ2n) is 3.03. The third-order valence-corrected chi connectivity index (χ3v) is 2.56. The number of dihydropyridines is 1. The van der Waals surface area contributed by atoms with Gasteiger partial charge in [-0.1, -0.05) is 18.5 Å². The lowest BCUT2D eigenvalue weighted by molar-refractivity contribution is 0.674. The van der Waals surface area contributed by atoms with Crippen molar-refractivity contribution in [3.63, 3.8) is 0 Å². The average molecular weight is 208 g/mol. The minimum Gasteiger partial charge on any atom is -0.368 e. The lowest BCUT2D eigenvalue weighted by Gasteiger charge is -2.24. The molecular weight excluding hydrogens is 198 g/mol. The first kappa shape index (κ1) is 10.6. The maximum absolute atomic E-state index is 8.95. The molecule has 1 atom stereocenters. The third kappa shape index (κ3) is 1.60. The zero-order valence-electron chi connectivity index (χ0n) is 8.06. The van der Waals surface area contributed by atoms with Gasteiger partial charge < -0.3 is 5.32 Å². The molecule has 0 aliphatic carbocycles. The monoisotopic (exact) mass is 207 g/mol. The predicted molar refractivity (Wildman–Crippen MR) is 54.0 cm³/mol. The molecule has 0 saturated carbocycles. The molecule has 0 bridgehead atoms. The van der Waals surface area contributed by atoms with E-state index >= 15 is 0 Å². The maximum Gasteiger partial charge on any atom is 0.122 e. The minimum atomic E-state index is 0.0271. The molecule has 0 aromatic carbocycles. The maximum atomic E-state index is 8.95. The summed E-state index contributed by atoms with van der Waals surface area (Å²) in [5.74, 6) is 0. The van der Waals surface area contributed by atoms with E-state index in [1.165, 1.54) is 0 Å². The summed E-state index contributed by atoms with van der Waals surface area (Å²) in [6.45, 7) is 3.88. The van der Waals surface area contributed by atoms with Crippen molar-refractivity contribution >= 4 is 11.6 Å². The first-order chi connectivity index (χ1) is 6.65. The molecule has 1 rings (SSSR count). The van der Waals surface area contributed by atoms with E-state index in [9.17, 15) is 0 Å². The van der Waals surface area contributed by atoms with Crippen LogP contribution in [0.1, 0.15) is 20.3 Å². The molecule has 0 radical (unpaired) electrons. The topological polar surface area (TPSA) is 59.6 Å². The van der Waals surface area contributed by atoms with Crippen molar-refractivity contribution in [2.75, 3.05) is 0 Å². The summed E-state index contributed by atoms with van der Waals surface area (Å²) in [7, 11) is 0. The molecule has 0 saturated heterocycles. The van der Waals surface area contributed by atoms with Crippen LogP contribution in [0.15, 0.2) is 21.9 Å². The Bertz CT molecular complexity index is 393. The number of rotatable bonds is 1. The molecule has 0 fully saturated rings. The van der Waals surface area contributed by atoms with Gasteiger partial charge in [0.2, 0.25) is 0 Å². The normalized spacial score (nSPS) is 21.4. The van der Waals surface area contributed by atoms with Crippen LogP contribution >= 0.6 is 11.6 Å². The van der Waals surface area contributed by atoms with Crippen LogP contribution < -0.4 is 5.32 Å².